The highest BCUT2D eigenvalue weighted by Gasteiger charge is 2.51. The molecule has 5 rings (SSSR count). The number of halogens is 1. The van der Waals surface area contributed by atoms with E-state index in [4.69, 9.17) is 0 Å². The van der Waals surface area contributed by atoms with Gasteiger partial charge in [-0.1, -0.05) is 0 Å². The van der Waals surface area contributed by atoms with Crippen LogP contribution in [0, 0.1) is 5.82 Å². The van der Waals surface area contributed by atoms with Crippen LogP contribution in [0.1, 0.15) is 32.4 Å². The monoisotopic (exact) mass is 377 g/mol. The normalized spacial score (nSPS) is 22.8. The Bertz CT molecular complexity index is 1090. The highest BCUT2D eigenvalue weighted by Crippen LogP contribution is 2.43. The van der Waals surface area contributed by atoms with Gasteiger partial charge in [-0.2, -0.15) is 0 Å². The number of rotatable bonds is 3. The standard InChI is InChI=1S/C21H20FN5O/c1-21(2)18-19(24-8-7-23-18)27(20(21)28)15-10-14(11-15)25-17-6-3-12-9-13(22)4-5-16(12)26-17/h3-9,14-15H,10-11H2,1-2H3,(H,25,26). The third-order valence-corrected chi connectivity index (χ3v) is 5.73. The molecule has 0 radical (unpaired) electrons. The van der Waals surface area contributed by atoms with Crippen LogP contribution in [0.5, 0.6) is 0 Å². The quantitative estimate of drug-likeness (QED) is 0.757. The van der Waals surface area contributed by atoms with Crippen molar-refractivity contribution in [2.24, 2.45) is 0 Å². The van der Waals surface area contributed by atoms with Crippen LogP contribution in [-0.2, 0) is 10.2 Å². The van der Waals surface area contributed by atoms with Gasteiger partial charge in [-0.05, 0) is 57.0 Å². The minimum atomic E-state index is -0.642. The Kier molecular flexibility index (Phi) is 3.62. The van der Waals surface area contributed by atoms with Gasteiger partial charge in [0, 0.05) is 29.9 Å². The molecule has 0 unspecified atom stereocenters. The van der Waals surface area contributed by atoms with Gasteiger partial charge in [0.15, 0.2) is 5.82 Å². The van der Waals surface area contributed by atoms with E-state index in [2.05, 4.69) is 20.3 Å². The Hall–Kier alpha value is -3.09. The molecule has 1 aliphatic heterocycles. The molecule has 0 atom stereocenters. The zero-order valence-electron chi connectivity index (χ0n) is 15.7. The summed E-state index contributed by atoms with van der Waals surface area (Å²) in [5, 5.41) is 4.19. The van der Waals surface area contributed by atoms with Gasteiger partial charge in [0.25, 0.3) is 0 Å². The molecular weight excluding hydrogens is 357 g/mol. The minimum absolute atomic E-state index is 0.0583. The number of carbonyl (C=O) groups excluding carboxylic acids is 1. The topological polar surface area (TPSA) is 71.0 Å². The molecule has 3 aromatic rings. The van der Waals surface area contributed by atoms with Crippen molar-refractivity contribution in [3.63, 3.8) is 0 Å². The second-order valence-corrected chi connectivity index (χ2v) is 8.03. The highest BCUT2D eigenvalue weighted by molar-refractivity contribution is 6.06. The largest absolute Gasteiger partial charge is 0.367 e. The van der Waals surface area contributed by atoms with Crippen molar-refractivity contribution in [1.29, 1.82) is 0 Å². The molecule has 1 N–H and O–H groups in total. The zero-order valence-corrected chi connectivity index (χ0v) is 15.7. The number of benzene rings is 1. The number of fused-ring (bicyclic) bond motifs is 2. The van der Waals surface area contributed by atoms with Crippen molar-refractivity contribution in [3.8, 4) is 0 Å². The maximum Gasteiger partial charge on any atom is 0.240 e. The van der Waals surface area contributed by atoms with Gasteiger partial charge in [0.1, 0.15) is 11.6 Å². The predicted molar refractivity (Wildman–Crippen MR) is 105 cm³/mol. The van der Waals surface area contributed by atoms with E-state index in [1.807, 2.05) is 30.9 Å². The van der Waals surface area contributed by atoms with E-state index < -0.39 is 5.41 Å². The molecule has 1 saturated carbocycles. The van der Waals surface area contributed by atoms with Crippen molar-refractivity contribution < 1.29 is 9.18 Å². The fourth-order valence-corrected chi connectivity index (χ4v) is 4.09. The number of nitrogens with zero attached hydrogens (tertiary/aromatic N) is 4. The molecule has 1 amide bonds. The average Bonchev–Trinajstić information content (AvgIpc) is 2.85. The van der Waals surface area contributed by atoms with Crippen LogP contribution in [-0.4, -0.2) is 32.9 Å². The smallest absolute Gasteiger partial charge is 0.240 e. The number of aromatic nitrogens is 3. The molecule has 0 bridgehead atoms. The Morgan fingerprint density at radius 1 is 1.14 bits per heavy atom. The maximum atomic E-state index is 13.3. The fraction of sp³-hybridized carbons (Fsp3) is 0.333. The van der Waals surface area contributed by atoms with Crippen LogP contribution in [0.4, 0.5) is 16.0 Å². The highest BCUT2D eigenvalue weighted by atomic mass is 19.1. The van der Waals surface area contributed by atoms with E-state index in [1.54, 1.807) is 18.5 Å². The number of carbonyl (C=O) groups is 1. The van der Waals surface area contributed by atoms with Crippen LogP contribution >= 0.6 is 0 Å². The Labute approximate surface area is 161 Å². The minimum Gasteiger partial charge on any atom is -0.367 e. The molecule has 1 aliphatic carbocycles. The van der Waals surface area contributed by atoms with Crippen molar-refractivity contribution in [3.05, 3.63) is 54.2 Å². The summed E-state index contributed by atoms with van der Waals surface area (Å²) in [6, 6.07) is 8.63. The Morgan fingerprint density at radius 2 is 1.93 bits per heavy atom. The molecule has 6 nitrogen and oxygen atoms in total. The Balaban J connectivity index is 1.31. The lowest BCUT2D eigenvalue weighted by Gasteiger charge is -2.41. The summed E-state index contributed by atoms with van der Waals surface area (Å²) in [4.78, 5) is 28.1. The van der Waals surface area contributed by atoms with Gasteiger partial charge in [-0.25, -0.2) is 14.4 Å². The van der Waals surface area contributed by atoms with Crippen LogP contribution in [0.15, 0.2) is 42.7 Å². The van der Waals surface area contributed by atoms with Gasteiger partial charge in [-0.3, -0.25) is 14.7 Å². The maximum absolute atomic E-state index is 13.3. The van der Waals surface area contributed by atoms with Crippen LogP contribution < -0.4 is 10.2 Å². The summed E-state index contributed by atoms with van der Waals surface area (Å²) in [6.07, 6.45) is 4.92. The lowest BCUT2D eigenvalue weighted by atomic mass is 9.84. The van der Waals surface area contributed by atoms with E-state index in [0.717, 1.165) is 35.3 Å². The third kappa shape index (κ3) is 2.53. The van der Waals surface area contributed by atoms with Crippen molar-refractivity contribution in [2.75, 3.05) is 10.2 Å². The van der Waals surface area contributed by atoms with Gasteiger partial charge < -0.3 is 5.32 Å². The summed E-state index contributed by atoms with van der Waals surface area (Å²) < 4.78 is 13.3. The summed E-state index contributed by atoms with van der Waals surface area (Å²) in [5.74, 6) is 1.24. The Morgan fingerprint density at radius 3 is 2.75 bits per heavy atom. The van der Waals surface area contributed by atoms with E-state index >= 15 is 0 Å². The molecule has 1 fully saturated rings. The van der Waals surface area contributed by atoms with Gasteiger partial charge >= 0.3 is 0 Å². The number of hydrogen-bond donors (Lipinski definition) is 1. The predicted octanol–water partition coefficient (Wildman–Crippen LogP) is 3.43. The number of nitrogens with one attached hydrogen (secondary N) is 1. The summed E-state index contributed by atoms with van der Waals surface area (Å²) in [5.41, 5.74) is 0.861. The summed E-state index contributed by atoms with van der Waals surface area (Å²) in [7, 11) is 0. The molecule has 2 aliphatic rings. The van der Waals surface area contributed by atoms with Crippen molar-refractivity contribution in [2.45, 2.75) is 44.2 Å². The fourth-order valence-electron chi connectivity index (χ4n) is 4.09. The average molecular weight is 377 g/mol. The number of anilines is 2. The lowest BCUT2D eigenvalue weighted by molar-refractivity contribution is -0.123. The van der Waals surface area contributed by atoms with Crippen molar-refractivity contribution in [1.82, 2.24) is 15.0 Å². The molecule has 2 aromatic heterocycles. The first-order chi connectivity index (χ1) is 13.4. The van der Waals surface area contributed by atoms with Crippen LogP contribution in [0.3, 0.4) is 0 Å². The molecule has 142 valence electrons. The first-order valence-corrected chi connectivity index (χ1v) is 9.41. The van der Waals surface area contributed by atoms with Gasteiger partial charge in [-0.15, -0.1) is 0 Å². The summed E-state index contributed by atoms with van der Waals surface area (Å²) in [6.45, 7) is 3.80. The molecule has 0 spiro atoms. The number of amides is 1. The number of pyridine rings is 1. The second kappa shape index (κ2) is 5.95. The van der Waals surface area contributed by atoms with Gasteiger partial charge in [0.2, 0.25) is 5.91 Å². The molecule has 7 heteroatoms. The molecule has 3 heterocycles. The third-order valence-electron chi connectivity index (χ3n) is 5.73. The van der Waals surface area contributed by atoms with E-state index in [1.165, 1.54) is 12.1 Å². The lowest BCUT2D eigenvalue weighted by Crippen LogP contribution is -2.53. The molecule has 0 saturated heterocycles. The SMILES string of the molecule is CC1(C)C(=O)N(C2CC(Nc3ccc4cc(F)ccc4n3)C2)c2nccnc21. The van der Waals surface area contributed by atoms with Crippen LogP contribution in [0.25, 0.3) is 10.9 Å². The van der Waals surface area contributed by atoms with Gasteiger partial charge in [0.05, 0.1) is 16.6 Å². The second-order valence-electron chi connectivity index (χ2n) is 8.03. The first-order valence-electron chi connectivity index (χ1n) is 9.41. The number of hydrogen-bond acceptors (Lipinski definition) is 5. The summed E-state index contributed by atoms with van der Waals surface area (Å²) >= 11 is 0. The van der Waals surface area contributed by atoms with Crippen LogP contribution in [0.2, 0.25) is 0 Å². The zero-order chi connectivity index (χ0) is 19.5. The van der Waals surface area contributed by atoms with E-state index in [0.29, 0.717) is 5.82 Å². The van der Waals surface area contributed by atoms with E-state index in [9.17, 15) is 9.18 Å². The van der Waals surface area contributed by atoms with E-state index in [-0.39, 0.29) is 23.8 Å². The molecule has 28 heavy (non-hydrogen) atoms. The molecular formula is C21H20FN5O. The molecule has 1 aromatic carbocycles. The first kappa shape index (κ1) is 17.0. The van der Waals surface area contributed by atoms with Crippen molar-refractivity contribution >= 4 is 28.4 Å².